The third kappa shape index (κ3) is 2.99. The van der Waals surface area contributed by atoms with Gasteiger partial charge in [-0.15, -0.1) is 0 Å². The second kappa shape index (κ2) is 6.05. The monoisotopic (exact) mass is 293 g/mol. The third-order valence-electron chi connectivity index (χ3n) is 2.89. The van der Waals surface area contributed by atoms with Crippen LogP contribution in [0.5, 0.6) is 5.88 Å². The van der Waals surface area contributed by atoms with Gasteiger partial charge in [0.25, 0.3) is 5.56 Å². The van der Waals surface area contributed by atoms with Crippen molar-refractivity contribution in [3.63, 3.8) is 0 Å². The normalized spacial score (nSPS) is 10.8. The Morgan fingerprint density at radius 2 is 2.20 bits per heavy atom. The molecule has 0 saturated carbocycles. The summed E-state index contributed by atoms with van der Waals surface area (Å²) in [7, 11) is 1.55. The smallest absolute Gasteiger partial charge is 0.255 e. The van der Waals surface area contributed by atoms with Gasteiger partial charge in [-0.25, -0.2) is 9.97 Å². The van der Waals surface area contributed by atoms with Gasteiger partial charge in [-0.1, -0.05) is 31.5 Å². The van der Waals surface area contributed by atoms with E-state index in [-0.39, 0.29) is 16.6 Å². The highest BCUT2D eigenvalue weighted by Gasteiger charge is 2.14. The molecular formula is C14H16ClN3O2. The zero-order chi connectivity index (χ0) is 14.7. The molecule has 0 amide bonds. The van der Waals surface area contributed by atoms with Gasteiger partial charge in [-0.05, 0) is 6.07 Å². The van der Waals surface area contributed by atoms with E-state index >= 15 is 0 Å². The minimum absolute atomic E-state index is 0.0871. The summed E-state index contributed by atoms with van der Waals surface area (Å²) in [6.45, 7) is 4.29. The quantitative estimate of drug-likeness (QED) is 0.813. The maximum absolute atomic E-state index is 12.1. The first-order chi connectivity index (χ1) is 9.52. The number of pyridine rings is 1. The minimum atomic E-state index is -0.181. The number of methoxy groups -OCH3 is 1. The largest absolute Gasteiger partial charge is 0.481 e. The predicted octanol–water partition coefficient (Wildman–Crippen LogP) is 2.47. The van der Waals surface area contributed by atoms with Crippen molar-refractivity contribution in [2.45, 2.75) is 26.3 Å². The summed E-state index contributed by atoms with van der Waals surface area (Å²) in [5.41, 5.74) is 0.641. The van der Waals surface area contributed by atoms with Gasteiger partial charge in [0.15, 0.2) is 0 Å². The van der Waals surface area contributed by atoms with Crippen molar-refractivity contribution >= 4 is 11.6 Å². The minimum Gasteiger partial charge on any atom is -0.481 e. The molecule has 2 aromatic rings. The molecule has 0 aliphatic carbocycles. The molecule has 2 heterocycles. The van der Waals surface area contributed by atoms with Crippen LogP contribution in [0.1, 0.15) is 31.2 Å². The Morgan fingerprint density at radius 1 is 1.45 bits per heavy atom. The van der Waals surface area contributed by atoms with Crippen molar-refractivity contribution in [3.05, 3.63) is 51.3 Å². The third-order valence-corrected chi connectivity index (χ3v) is 3.09. The van der Waals surface area contributed by atoms with Crippen molar-refractivity contribution in [3.8, 4) is 5.88 Å². The molecule has 0 aliphatic rings. The summed E-state index contributed by atoms with van der Waals surface area (Å²) >= 11 is 5.87. The van der Waals surface area contributed by atoms with Crippen molar-refractivity contribution in [2.75, 3.05) is 7.11 Å². The van der Waals surface area contributed by atoms with E-state index in [4.69, 9.17) is 16.3 Å². The van der Waals surface area contributed by atoms with Gasteiger partial charge in [0.2, 0.25) is 5.88 Å². The molecule has 0 bridgehead atoms. The second-order valence-corrected chi connectivity index (χ2v) is 5.08. The van der Waals surface area contributed by atoms with Gasteiger partial charge >= 0.3 is 0 Å². The molecule has 0 aliphatic heterocycles. The highest BCUT2D eigenvalue weighted by Crippen LogP contribution is 2.18. The molecule has 0 N–H and O–H groups in total. The lowest BCUT2D eigenvalue weighted by atomic mass is 10.2. The second-order valence-electron chi connectivity index (χ2n) is 4.69. The van der Waals surface area contributed by atoms with Crippen LogP contribution in [-0.4, -0.2) is 21.6 Å². The fraction of sp³-hybridized carbons (Fsp3) is 0.357. The fourth-order valence-electron chi connectivity index (χ4n) is 1.99. The van der Waals surface area contributed by atoms with Crippen LogP contribution in [0.3, 0.4) is 0 Å². The van der Waals surface area contributed by atoms with E-state index in [1.165, 1.54) is 6.07 Å². The summed E-state index contributed by atoms with van der Waals surface area (Å²) < 4.78 is 6.80. The predicted molar refractivity (Wildman–Crippen MR) is 77.5 cm³/mol. The van der Waals surface area contributed by atoms with E-state index in [2.05, 4.69) is 9.97 Å². The van der Waals surface area contributed by atoms with Crippen LogP contribution < -0.4 is 10.3 Å². The lowest BCUT2D eigenvalue weighted by Crippen LogP contribution is -2.26. The van der Waals surface area contributed by atoms with Crippen LogP contribution in [0.4, 0.5) is 0 Å². The van der Waals surface area contributed by atoms with Crippen molar-refractivity contribution in [1.82, 2.24) is 14.5 Å². The van der Waals surface area contributed by atoms with Gasteiger partial charge in [0, 0.05) is 23.7 Å². The van der Waals surface area contributed by atoms with E-state index in [1.807, 2.05) is 19.9 Å². The van der Waals surface area contributed by atoms with E-state index in [0.717, 1.165) is 5.56 Å². The Hall–Kier alpha value is -1.88. The average molecular weight is 294 g/mol. The fourth-order valence-corrected chi connectivity index (χ4v) is 2.17. The SMILES string of the molecule is COc1ncccc1Cn1c(C(C)C)nc(Cl)cc1=O. The molecular weight excluding hydrogens is 278 g/mol. The Bertz CT molecular complexity index is 668. The topological polar surface area (TPSA) is 57.0 Å². The first kappa shape index (κ1) is 14.5. The zero-order valence-electron chi connectivity index (χ0n) is 11.6. The van der Waals surface area contributed by atoms with Crippen LogP contribution in [0, 0.1) is 0 Å². The van der Waals surface area contributed by atoms with Gasteiger partial charge in [0.05, 0.1) is 13.7 Å². The van der Waals surface area contributed by atoms with E-state index in [0.29, 0.717) is 18.2 Å². The van der Waals surface area contributed by atoms with Crippen LogP contribution in [0.2, 0.25) is 5.15 Å². The van der Waals surface area contributed by atoms with E-state index in [9.17, 15) is 4.79 Å². The first-order valence-electron chi connectivity index (χ1n) is 6.28. The maximum Gasteiger partial charge on any atom is 0.255 e. The molecule has 0 aromatic carbocycles. The zero-order valence-corrected chi connectivity index (χ0v) is 12.4. The Morgan fingerprint density at radius 3 is 2.85 bits per heavy atom. The van der Waals surface area contributed by atoms with Crippen molar-refractivity contribution in [2.24, 2.45) is 0 Å². The summed E-state index contributed by atoms with van der Waals surface area (Å²) in [6.07, 6.45) is 1.65. The highest BCUT2D eigenvalue weighted by atomic mass is 35.5. The van der Waals surface area contributed by atoms with Crippen LogP contribution in [0.15, 0.2) is 29.2 Å². The molecule has 6 heteroatoms. The molecule has 5 nitrogen and oxygen atoms in total. The Labute approximate surface area is 122 Å². The number of ether oxygens (including phenoxy) is 1. The number of hydrogen-bond acceptors (Lipinski definition) is 4. The standard InChI is InChI=1S/C14H16ClN3O2/c1-9(2)13-17-11(15)7-12(19)18(13)8-10-5-4-6-16-14(10)20-3/h4-7,9H,8H2,1-3H3. The molecule has 0 unspecified atom stereocenters. The molecule has 0 radical (unpaired) electrons. The van der Waals surface area contributed by atoms with Gasteiger partial charge in [0.1, 0.15) is 11.0 Å². The summed E-state index contributed by atoms with van der Waals surface area (Å²) in [5.74, 6) is 1.24. The van der Waals surface area contributed by atoms with Gasteiger partial charge in [-0.3, -0.25) is 9.36 Å². The van der Waals surface area contributed by atoms with Crippen LogP contribution >= 0.6 is 11.6 Å². The lowest BCUT2D eigenvalue weighted by Gasteiger charge is -2.15. The number of rotatable bonds is 4. The van der Waals surface area contributed by atoms with Crippen LogP contribution in [0.25, 0.3) is 0 Å². The van der Waals surface area contributed by atoms with Gasteiger partial charge in [-0.2, -0.15) is 0 Å². The van der Waals surface area contributed by atoms with E-state index in [1.54, 1.807) is 23.9 Å². The Balaban J connectivity index is 2.51. The molecule has 106 valence electrons. The molecule has 0 saturated heterocycles. The number of aromatic nitrogens is 3. The van der Waals surface area contributed by atoms with Crippen molar-refractivity contribution in [1.29, 1.82) is 0 Å². The average Bonchev–Trinajstić information content (AvgIpc) is 2.41. The number of nitrogens with zero attached hydrogens (tertiary/aromatic N) is 3. The molecule has 20 heavy (non-hydrogen) atoms. The highest BCUT2D eigenvalue weighted by molar-refractivity contribution is 6.29. The molecule has 0 atom stereocenters. The van der Waals surface area contributed by atoms with E-state index < -0.39 is 0 Å². The molecule has 0 fully saturated rings. The molecule has 0 spiro atoms. The summed E-state index contributed by atoms with van der Waals surface area (Å²) in [5, 5.41) is 0.216. The summed E-state index contributed by atoms with van der Waals surface area (Å²) in [4.78, 5) is 20.5. The molecule has 2 rings (SSSR count). The maximum atomic E-state index is 12.1. The molecule has 2 aromatic heterocycles. The Kier molecular flexibility index (Phi) is 4.39. The number of hydrogen-bond donors (Lipinski definition) is 0. The van der Waals surface area contributed by atoms with Gasteiger partial charge < -0.3 is 4.74 Å². The summed E-state index contributed by atoms with van der Waals surface area (Å²) in [6, 6.07) is 4.99. The lowest BCUT2D eigenvalue weighted by molar-refractivity contribution is 0.390. The number of halogens is 1. The van der Waals surface area contributed by atoms with Crippen LogP contribution in [-0.2, 0) is 6.54 Å². The van der Waals surface area contributed by atoms with Crippen molar-refractivity contribution < 1.29 is 4.74 Å². The first-order valence-corrected chi connectivity index (χ1v) is 6.66.